The molecule has 0 saturated heterocycles. The van der Waals surface area contributed by atoms with Crippen LogP contribution in [0.3, 0.4) is 0 Å². The average Bonchev–Trinajstić information content (AvgIpc) is 3.26. The number of hydrogen-bond acceptors (Lipinski definition) is 5. The first-order valence-corrected chi connectivity index (χ1v) is 10.2. The summed E-state index contributed by atoms with van der Waals surface area (Å²) in [5, 5.41) is 8.19. The van der Waals surface area contributed by atoms with Crippen molar-refractivity contribution in [1.29, 1.82) is 0 Å². The number of thiophene rings is 1. The molecule has 1 aromatic heterocycles. The van der Waals surface area contributed by atoms with Gasteiger partial charge in [-0.05, 0) is 57.4 Å². The molecule has 1 aromatic rings. The Kier molecular flexibility index (Phi) is 7.00. The number of rotatable bonds is 8. The maximum Gasteiger partial charge on any atom is 0.341 e. The molecule has 1 heterocycles. The SMILES string of the molecule is CCOC(=O)c1c(C2CC2)csc1NC(=O)C[NH+](C)CC(=O)NC(C)(C)C. The standard InChI is InChI=1S/C19H29N3O4S/c1-6-26-18(25)16-13(12-7-8-12)11-27-17(16)20-14(23)9-22(5)10-15(24)21-19(2,3)4/h11-12H,6-10H2,1-5H3,(H,20,23)(H,21,24)/p+1. The summed E-state index contributed by atoms with van der Waals surface area (Å²) in [6.45, 7) is 8.14. The zero-order chi connectivity index (χ0) is 20.2. The van der Waals surface area contributed by atoms with Gasteiger partial charge >= 0.3 is 5.97 Å². The molecule has 1 atom stereocenters. The smallest absolute Gasteiger partial charge is 0.341 e. The van der Waals surface area contributed by atoms with Crippen LogP contribution in [0.2, 0.25) is 0 Å². The van der Waals surface area contributed by atoms with Gasteiger partial charge in [0.25, 0.3) is 11.8 Å². The number of nitrogens with one attached hydrogen (secondary N) is 3. The summed E-state index contributed by atoms with van der Waals surface area (Å²) in [4.78, 5) is 37.5. The number of quaternary nitrogens is 1. The van der Waals surface area contributed by atoms with E-state index < -0.39 is 0 Å². The minimum Gasteiger partial charge on any atom is -0.462 e. The van der Waals surface area contributed by atoms with Gasteiger partial charge in [-0.15, -0.1) is 11.3 Å². The zero-order valence-corrected chi connectivity index (χ0v) is 17.5. The minimum atomic E-state index is -0.388. The molecule has 1 saturated carbocycles. The van der Waals surface area contributed by atoms with E-state index in [9.17, 15) is 14.4 Å². The van der Waals surface area contributed by atoms with Crippen LogP contribution in [0.4, 0.5) is 5.00 Å². The first-order chi connectivity index (χ1) is 12.6. The Morgan fingerprint density at radius 2 is 1.85 bits per heavy atom. The van der Waals surface area contributed by atoms with E-state index in [1.54, 1.807) is 14.0 Å². The summed E-state index contributed by atoms with van der Waals surface area (Å²) in [5.74, 6) is -0.333. The monoisotopic (exact) mass is 396 g/mol. The third-order valence-electron chi connectivity index (χ3n) is 4.01. The van der Waals surface area contributed by atoms with E-state index in [0.717, 1.165) is 23.3 Å². The van der Waals surface area contributed by atoms with Gasteiger partial charge in [0.05, 0.1) is 19.2 Å². The lowest BCUT2D eigenvalue weighted by atomic mass is 10.1. The van der Waals surface area contributed by atoms with Gasteiger partial charge in [0, 0.05) is 5.54 Å². The lowest BCUT2D eigenvalue weighted by molar-refractivity contribution is -0.862. The van der Waals surface area contributed by atoms with Crippen molar-refractivity contribution in [2.24, 2.45) is 0 Å². The van der Waals surface area contributed by atoms with Crippen LogP contribution >= 0.6 is 11.3 Å². The Morgan fingerprint density at radius 1 is 1.22 bits per heavy atom. The molecule has 1 unspecified atom stereocenters. The molecule has 27 heavy (non-hydrogen) atoms. The number of amides is 2. The van der Waals surface area contributed by atoms with E-state index in [4.69, 9.17) is 4.74 Å². The second kappa shape index (κ2) is 8.84. The first-order valence-electron chi connectivity index (χ1n) is 9.31. The number of likely N-dealkylation sites (N-methyl/N-ethyl adjacent to an activating group) is 1. The van der Waals surface area contributed by atoms with Gasteiger partial charge in [-0.25, -0.2) is 4.79 Å². The molecule has 3 N–H and O–H groups in total. The summed E-state index contributed by atoms with van der Waals surface area (Å²) in [5.41, 5.74) is 1.16. The van der Waals surface area contributed by atoms with E-state index in [0.29, 0.717) is 23.1 Å². The fraction of sp³-hybridized carbons (Fsp3) is 0.632. The molecule has 8 heteroatoms. The number of carbonyl (C=O) groups excluding carboxylic acids is 3. The van der Waals surface area contributed by atoms with Crippen molar-refractivity contribution in [3.05, 3.63) is 16.5 Å². The molecule has 2 amide bonds. The molecule has 1 aliphatic carbocycles. The third kappa shape index (κ3) is 6.62. The van der Waals surface area contributed by atoms with Gasteiger partial charge in [-0.3, -0.25) is 9.59 Å². The van der Waals surface area contributed by atoms with Crippen LogP contribution in [0.5, 0.6) is 0 Å². The van der Waals surface area contributed by atoms with Crippen LogP contribution in [0.25, 0.3) is 0 Å². The summed E-state index contributed by atoms with van der Waals surface area (Å²) < 4.78 is 5.17. The molecule has 7 nitrogen and oxygen atoms in total. The number of anilines is 1. The summed E-state index contributed by atoms with van der Waals surface area (Å²) in [7, 11) is 1.79. The first kappa shape index (κ1) is 21.4. The van der Waals surface area contributed by atoms with Crippen LogP contribution in [-0.4, -0.2) is 50.1 Å². The van der Waals surface area contributed by atoms with E-state index >= 15 is 0 Å². The summed E-state index contributed by atoms with van der Waals surface area (Å²) >= 11 is 1.35. The molecule has 0 radical (unpaired) electrons. The second-order valence-corrected chi connectivity index (χ2v) is 8.93. The number of hydrogen-bond donors (Lipinski definition) is 3. The molecule has 150 valence electrons. The van der Waals surface area contributed by atoms with Crippen molar-refractivity contribution >= 4 is 34.1 Å². The summed E-state index contributed by atoms with van der Waals surface area (Å²) in [6.07, 6.45) is 2.12. The maximum atomic E-state index is 12.4. The normalized spacial score (nSPS) is 15.1. The second-order valence-electron chi connectivity index (χ2n) is 8.05. The Balaban J connectivity index is 1.97. The molecule has 0 bridgehead atoms. The van der Waals surface area contributed by atoms with E-state index in [2.05, 4.69) is 10.6 Å². The van der Waals surface area contributed by atoms with Crippen LogP contribution < -0.4 is 15.5 Å². The zero-order valence-electron chi connectivity index (χ0n) is 16.7. The predicted molar refractivity (Wildman–Crippen MR) is 105 cm³/mol. The molecule has 0 aliphatic heterocycles. The van der Waals surface area contributed by atoms with Gasteiger partial charge < -0.3 is 20.3 Å². The van der Waals surface area contributed by atoms with E-state index in [1.807, 2.05) is 26.2 Å². The van der Waals surface area contributed by atoms with Crippen LogP contribution in [0, 0.1) is 0 Å². The third-order valence-corrected chi connectivity index (χ3v) is 4.92. The Morgan fingerprint density at radius 3 is 2.41 bits per heavy atom. The predicted octanol–water partition coefficient (Wildman–Crippen LogP) is 1.17. The van der Waals surface area contributed by atoms with Gasteiger partial charge in [0.15, 0.2) is 13.1 Å². The lowest BCUT2D eigenvalue weighted by Crippen LogP contribution is -3.11. The van der Waals surface area contributed by atoms with Crippen molar-refractivity contribution in [1.82, 2.24) is 5.32 Å². The molecular formula is C19H30N3O4S+. The topological polar surface area (TPSA) is 88.9 Å². The molecule has 1 fully saturated rings. The highest BCUT2D eigenvalue weighted by Gasteiger charge is 2.32. The maximum absolute atomic E-state index is 12.4. The van der Waals surface area contributed by atoms with Gasteiger partial charge in [-0.2, -0.15) is 0 Å². The molecule has 0 aromatic carbocycles. The minimum absolute atomic E-state index is 0.104. The quantitative estimate of drug-likeness (QED) is 0.576. The van der Waals surface area contributed by atoms with Crippen LogP contribution in [0.1, 0.15) is 62.4 Å². The highest BCUT2D eigenvalue weighted by Crippen LogP contribution is 2.46. The van der Waals surface area contributed by atoms with E-state index in [1.165, 1.54) is 11.3 Å². The highest BCUT2D eigenvalue weighted by molar-refractivity contribution is 7.15. The van der Waals surface area contributed by atoms with Crippen molar-refractivity contribution in [2.45, 2.75) is 52.0 Å². The number of carbonyl (C=O) groups is 3. The molecular weight excluding hydrogens is 366 g/mol. The fourth-order valence-electron chi connectivity index (χ4n) is 2.82. The van der Waals surface area contributed by atoms with Crippen molar-refractivity contribution in [3.8, 4) is 0 Å². The van der Waals surface area contributed by atoms with Crippen LogP contribution in [0.15, 0.2) is 5.38 Å². The van der Waals surface area contributed by atoms with Crippen molar-refractivity contribution in [2.75, 3.05) is 32.1 Å². The highest BCUT2D eigenvalue weighted by atomic mass is 32.1. The number of esters is 1. The summed E-state index contributed by atoms with van der Waals surface area (Å²) in [6, 6.07) is 0. The van der Waals surface area contributed by atoms with Gasteiger partial charge in [-0.1, -0.05) is 0 Å². The Hall–Kier alpha value is -1.93. The molecule has 1 aliphatic rings. The van der Waals surface area contributed by atoms with Crippen molar-refractivity contribution in [3.63, 3.8) is 0 Å². The van der Waals surface area contributed by atoms with Gasteiger partial charge in [0.1, 0.15) is 5.00 Å². The van der Waals surface area contributed by atoms with Crippen LogP contribution in [-0.2, 0) is 14.3 Å². The Labute approximate surface area is 164 Å². The lowest BCUT2D eigenvalue weighted by Gasteiger charge is -2.21. The largest absolute Gasteiger partial charge is 0.462 e. The van der Waals surface area contributed by atoms with E-state index in [-0.39, 0.29) is 36.4 Å². The number of ether oxygens (including phenoxy) is 1. The Bertz CT molecular complexity index is 704. The van der Waals surface area contributed by atoms with Crippen molar-refractivity contribution < 1.29 is 24.0 Å². The molecule has 2 rings (SSSR count). The average molecular weight is 397 g/mol. The molecule has 0 spiro atoms. The fourth-order valence-corrected chi connectivity index (χ4v) is 3.86. The van der Waals surface area contributed by atoms with Gasteiger partial charge in [0.2, 0.25) is 0 Å².